The number of hydrogen-bond donors (Lipinski definition) is 1. The number of Topliss-reactive ketones (excluding diaryl/α,β-unsaturated/α-hetero) is 1. The van der Waals surface area contributed by atoms with Crippen molar-refractivity contribution in [1.82, 2.24) is 0 Å². The molecule has 0 saturated heterocycles. The van der Waals surface area contributed by atoms with Crippen LogP contribution in [-0.4, -0.2) is 28.5 Å². The fraction of sp³-hybridized carbons (Fsp3) is 0.917. The summed E-state index contributed by atoms with van der Waals surface area (Å²) in [6.07, 6.45) is 7.96. The van der Waals surface area contributed by atoms with Crippen molar-refractivity contribution in [2.24, 2.45) is 5.41 Å². The third-order valence-electron chi connectivity index (χ3n) is 4.01. The predicted molar refractivity (Wildman–Crippen MR) is 63.1 cm³/mol. The van der Waals surface area contributed by atoms with Gasteiger partial charge in [-0.25, -0.2) is 0 Å². The topological polar surface area (TPSA) is 37.3 Å². The molecule has 1 spiro atoms. The molecule has 3 heteroatoms. The number of ketones is 1. The van der Waals surface area contributed by atoms with Gasteiger partial charge < -0.3 is 5.11 Å². The first-order valence-electron chi connectivity index (χ1n) is 6.01. The second-order valence-electron chi connectivity index (χ2n) is 4.90. The van der Waals surface area contributed by atoms with E-state index in [0.717, 1.165) is 25.0 Å². The van der Waals surface area contributed by atoms with Crippen molar-refractivity contribution < 1.29 is 9.90 Å². The van der Waals surface area contributed by atoms with Crippen LogP contribution in [0.1, 0.15) is 44.9 Å². The van der Waals surface area contributed by atoms with E-state index in [2.05, 4.69) is 0 Å². The zero-order chi connectivity index (χ0) is 10.7. The number of aliphatic hydroxyl groups excluding tert-OH is 1. The Morgan fingerprint density at radius 1 is 1.33 bits per heavy atom. The molecule has 0 aromatic heterocycles. The van der Waals surface area contributed by atoms with Crippen LogP contribution in [0.3, 0.4) is 0 Å². The van der Waals surface area contributed by atoms with Gasteiger partial charge in [-0.15, -0.1) is 0 Å². The SMILES string of the molecule is O=C1CCC2(CCCC2)C(SCCO)C1. The predicted octanol–water partition coefficient (Wildman–Crippen LogP) is 2.39. The van der Waals surface area contributed by atoms with Crippen LogP contribution in [0.4, 0.5) is 0 Å². The number of aliphatic hydroxyl groups is 1. The Kier molecular flexibility index (Phi) is 3.73. The van der Waals surface area contributed by atoms with E-state index in [4.69, 9.17) is 5.11 Å². The highest BCUT2D eigenvalue weighted by Gasteiger charge is 2.44. The van der Waals surface area contributed by atoms with Gasteiger partial charge >= 0.3 is 0 Å². The average Bonchev–Trinajstić information content (AvgIpc) is 2.70. The fourth-order valence-corrected chi connectivity index (χ4v) is 4.56. The highest BCUT2D eigenvalue weighted by atomic mass is 32.2. The first kappa shape index (κ1) is 11.5. The first-order chi connectivity index (χ1) is 7.27. The molecule has 0 aromatic rings. The first-order valence-corrected chi connectivity index (χ1v) is 7.06. The van der Waals surface area contributed by atoms with E-state index < -0.39 is 0 Å². The normalized spacial score (nSPS) is 29.9. The lowest BCUT2D eigenvalue weighted by Gasteiger charge is -2.40. The van der Waals surface area contributed by atoms with Crippen molar-refractivity contribution in [1.29, 1.82) is 0 Å². The van der Waals surface area contributed by atoms with E-state index in [0.29, 0.717) is 16.4 Å². The molecule has 1 unspecified atom stereocenters. The number of hydrogen-bond acceptors (Lipinski definition) is 3. The quantitative estimate of drug-likeness (QED) is 0.806. The molecule has 0 radical (unpaired) electrons. The summed E-state index contributed by atoms with van der Waals surface area (Å²) in [6, 6.07) is 0. The number of thioether (sulfide) groups is 1. The van der Waals surface area contributed by atoms with Crippen LogP contribution in [0, 0.1) is 5.41 Å². The molecule has 2 rings (SSSR count). The minimum Gasteiger partial charge on any atom is -0.396 e. The van der Waals surface area contributed by atoms with Gasteiger partial charge in [0.25, 0.3) is 0 Å². The number of carbonyl (C=O) groups is 1. The molecule has 0 bridgehead atoms. The Morgan fingerprint density at radius 2 is 2.07 bits per heavy atom. The molecule has 0 amide bonds. The van der Waals surface area contributed by atoms with Gasteiger partial charge in [0, 0.05) is 23.8 Å². The molecule has 0 aromatic carbocycles. The monoisotopic (exact) mass is 228 g/mol. The molecule has 1 atom stereocenters. The summed E-state index contributed by atoms with van der Waals surface area (Å²) in [6.45, 7) is 0.242. The Bertz CT molecular complexity index is 234. The van der Waals surface area contributed by atoms with E-state index in [1.807, 2.05) is 11.8 Å². The molecule has 86 valence electrons. The standard InChI is InChI=1S/C12H20O2S/c13-7-8-15-11-9-10(14)3-6-12(11)4-1-2-5-12/h11,13H,1-9H2. The smallest absolute Gasteiger partial charge is 0.134 e. The Hall–Kier alpha value is -0.0200. The van der Waals surface area contributed by atoms with Crippen molar-refractivity contribution in [2.45, 2.75) is 50.2 Å². The summed E-state index contributed by atoms with van der Waals surface area (Å²) in [5.74, 6) is 1.22. The van der Waals surface area contributed by atoms with E-state index in [9.17, 15) is 4.79 Å². The lowest BCUT2D eigenvalue weighted by atomic mass is 9.72. The Labute approximate surface area is 95.8 Å². The summed E-state index contributed by atoms with van der Waals surface area (Å²) >= 11 is 1.83. The van der Waals surface area contributed by atoms with Crippen LogP contribution < -0.4 is 0 Å². The van der Waals surface area contributed by atoms with Crippen molar-refractivity contribution in [3.05, 3.63) is 0 Å². The minimum absolute atomic E-state index is 0.242. The molecule has 2 fully saturated rings. The highest BCUT2D eigenvalue weighted by molar-refractivity contribution is 8.00. The third-order valence-corrected chi connectivity index (χ3v) is 5.49. The van der Waals surface area contributed by atoms with Crippen molar-refractivity contribution in [3.8, 4) is 0 Å². The van der Waals surface area contributed by atoms with Gasteiger partial charge in [-0.3, -0.25) is 4.79 Å². The third kappa shape index (κ3) is 2.39. The summed E-state index contributed by atoms with van der Waals surface area (Å²) in [5.41, 5.74) is 0.452. The summed E-state index contributed by atoms with van der Waals surface area (Å²) in [5, 5.41) is 9.38. The molecular weight excluding hydrogens is 208 g/mol. The maximum atomic E-state index is 11.5. The van der Waals surface area contributed by atoms with Gasteiger partial charge in [-0.1, -0.05) is 12.8 Å². The zero-order valence-electron chi connectivity index (χ0n) is 9.21. The van der Waals surface area contributed by atoms with Crippen molar-refractivity contribution in [2.75, 3.05) is 12.4 Å². The summed E-state index contributed by atoms with van der Waals surface area (Å²) in [4.78, 5) is 11.5. The van der Waals surface area contributed by atoms with Gasteiger partial charge in [0.1, 0.15) is 5.78 Å². The van der Waals surface area contributed by atoms with Crippen molar-refractivity contribution >= 4 is 17.5 Å². The molecular formula is C12H20O2S. The van der Waals surface area contributed by atoms with Crippen LogP contribution >= 0.6 is 11.8 Å². The maximum Gasteiger partial charge on any atom is 0.134 e. The van der Waals surface area contributed by atoms with Gasteiger partial charge in [0.15, 0.2) is 0 Å². The average molecular weight is 228 g/mol. The molecule has 15 heavy (non-hydrogen) atoms. The van der Waals surface area contributed by atoms with E-state index in [1.54, 1.807) is 0 Å². The zero-order valence-corrected chi connectivity index (χ0v) is 10.0. The molecule has 0 aliphatic heterocycles. The van der Waals surface area contributed by atoms with Crippen molar-refractivity contribution in [3.63, 3.8) is 0 Å². The number of rotatable bonds is 3. The molecule has 2 aliphatic rings. The van der Waals surface area contributed by atoms with E-state index in [-0.39, 0.29) is 6.61 Å². The second kappa shape index (κ2) is 4.88. The van der Waals surface area contributed by atoms with Gasteiger partial charge in [0.05, 0.1) is 6.61 Å². The second-order valence-corrected chi connectivity index (χ2v) is 6.21. The van der Waals surface area contributed by atoms with Gasteiger partial charge in [0.2, 0.25) is 0 Å². The Balaban J connectivity index is 2.02. The molecule has 0 heterocycles. The fourth-order valence-electron chi connectivity index (χ4n) is 3.16. The maximum absolute atomic E-state index is 11.5. The lowest BCUT2D eigenvalue weighted by Crippen LogP contribution is -2.37. The van der Waals surface area contributed by atoms with Gasteiger partial charge in [-0.05, 0) is 24.7 Å². The van der Waals surface area contributed by atoms with Gasteiger partial charge in [-0.2, -0.15) is 11.8 Å². The largest absolute Gasteiger partial charge is 0.396 e. The van der Waals surface area contributed by atoms with E-state index >= 15 is 0 Å². The van der Waals surface area contributed by atoms with Crippen LogP contribution in [0.5, 0.6) is 0 Å². The number of carbonyl (C=O) groups excluding carboxylic acids is 1. The summed E-state index contributed by atoms with van der Waals surface area (Å²) in [7, 11) is 0. The molecule has 1 N–H and O–H groups in total. The van der Waals surface area contributed by atoms with E-state index in [1.165, 1.54) is 25.7 Å². The molecule has 2 nitrogen and oxygen atoms in total. The molecule has 2 aliphatic carbocycles. The summed E-state index contributed by atoms with van der Waals surface area (Å²) < 4.78 is 0. The Morgan fingerprint density at radius 3 is 2.73 bits per heavy atom. The minimum atomic E-state index is 0.242. The van der Waals surface area contributed by atoms with Crippen LogP contribution in [0.15, 0.2) is 0 Å². The lowest BCUT2D eigenvalue weighted by molar-refractivity contribution is -0.122. The van der Waals surface area contributed by atoms with Crippen LogP contribution in [0.25, 0.3) is 0 Å². The highest BCUT2D eigenvalue weighted by Crippen LogP contribution is 2.52. The van der Waals surface area contributed by atoms with Crippen LogP contribution in [0.2, 0.25) is 0 Å². The molecule has 2 saturated carbocycles. The van der Waals surface area contributed by atoms with Crippen LogP contribution in [-0.2, 0) is 4.79 Å².